The number of carbonyl (C=O) groups is 1. The Morgan fingerprint density at radius 1 is 1.23 bits per heavy atom. The summed E-state index contributed by atoms with van der Waals surface area (Å²) in [5, 5.41) is 3.28. The number of carbonyl (C=O) groups excluding carboxylic acids is 1. The van der Waals surface area contributed by atoms with Gasteiger partial charge in [0.25, 0.3) is 5.91 Å². The Balaban J connectivity index is 0.00000160. The average Bonchev–Trinajstić information content (AvgIpc) is 3.14. The number of hydrogen-bond acceptors (Lipinski definition) is 4. The van der Waals surface area contributed by atoms with E-state index in [0.29, 0.717) is 24.0 Å². The van der Waals surface area contributed by atoms with Gasteiger partial charge in [0.2, 0.25) is 0 Å². The number of imidazole rings is 1. The second-order valence-corrected chi connectivity index (χ2v) is 7.40. The molecule has 1 fully saturated rings. The number of likely N-dealkylation sites (N-methyl/N-ethyl adjacent to an activating group) is 1. The first-order chi connectivity index (χ1) is 13.6. The van der Waals surface area contributed by atoms with Crippen LogP contribution in [0, 0.1) is 6.92 Å². The number of nitrogens with one attached hydrogen (secondary N) is 1. The lowest BCUT2D eigenvalue weighted by molar-refractivity contribution is 0.0697. The Morgan fingerprint density at radius 3 is 2.87 bits per heavy atom. The lowest BCUT2D eigenvalue weighted by Gasteiger charge is -2.32. The molecule has 1 amide bonds. The molecule has 8 heteroatoms. The van der Waals surface area contributed by atoms with Crippen LogP contribution in [0.1, 0.15) is 34.5 Å². The molecule has 1 unspecified atom stereocenters. The van der Waals surface area contributed by atoms with Crippen LogP contribution in [-0.2, 0) is 6.61 Å². The molecule has 1 saturated heterocycles. The maximum absolute atomic E-state index is 12.9. The quantitative estimate of drug-likeness (QED) is 0.640. The van der Waals surface area contributed by atoms with Crippen LogP contribution in [0.3, 0.4) is 0 Å². The summed E-state index contributed by atoms with van der Waals surface area (Å²) in [5.74, 6) is 0.745. The Bertz CT molecular complexity index is 992. The third kappa shape index (κ3) is 5.45. The van der Waals surface area contributed by atoms with Crippen molar-refractivity contribution < 1.29 is 9.53 Å². The fourth-order valence-corrected chi connectivity index (χ4v) is 3.68. The first-order valence-electron chi connectivity index (χ1n) is 9.76. The van der Waals surface area contributed by atoms with E-state index >= 15 is 0 Å². The van der Waals surface area contributed by atoms with Gasteiger partial charge < -0.3 is 19.4 Å². The molecule has 30 heavy (non-hydrogen) atoms. The minimum Gasteiger partial charge on any atom is -0.487 e. The van der Waals surface area contributed by atoms with E-state index in [2.05, 4.69) is 17.2 Å². The van der Waals surface area contributed by atoms with Gasteiger partial charge in [0.15, 0.2) is 0 Å². The van der Waals surface area contributed by atoms with E-state index in [1.54, 1.807) is 0 Å². The van der Waals surface area contributed by atoms with E-state index in [0.717, 1.165) is 37.3 Å². The molecule has 0 bridgehead atoms. The van der Waals surface area contributed by atoms with Gasteiger partial charge in [0.1, 0.15) is 18.0 Å². The molecule has 162 valence electrons. The topological polar surface area (TPSA) is 58.9 Å². The molecule has 1 aromatic carbocycles. The number of pyridine rings is 1. The molecular formula is C22H28Cl2N4O2. The highest BCUT2D eigenvalue weighted by Crippen LogP contribution is 2.19. The molecule has 1 N–H and O–H groups in total. The molecule has 0 spiro atoms. The highest BCUT2D eigenvalue weighted by atomic mass is 35.5. The molecule has 4 rings (SSSR count). The molecule has 3 aromatic rings. The molecule has 0 aliphatic carbocycles. The van der Waals surface area contributed by atoms with E-state index in [4.69, 9.17) is 4.74 Å². The van der Waals surface area contributed by atoms with Crippen molar-refractivity contribution in [2.45, 2.75) is 32.4 Å². The summed E-state index contributed by atoms with van der Waals surface area (Å²) in [4.78, 5) is 19.4. The normalized spacial score (nSPS) is 15.9. The smallest absolute Gasteiger partial charge is 0.254 e. The van der Waals surface area contributed by atoms with Gasteiger partial charge in [-0.1, -0.05) is 12.1 Å². The van der Waals surface area contributed by atoms with E-state index in [9.17, 15) is 4.79 Å². The number of nitrogens with zero attached hydrogens (tertiary/aromatic N) is 3. The fraction of sp³-hybridized carbons (Fsp3) is 0.364. The number of ether oxygens (including phenoxy) is 1. The molecule has 1 aliphatic rings. The summed E-state index contributed by atoms with van der Waals surface area (Å²) in [5.41, 5.74) is 3.61. The summed E-state index contributed by atoms with van der Waals surface area (Å²) >= 11 is 0. The van der Waals surface area contributed by atoms with E-state index in [-0.39, 0.29) is 30.7 Å². The first kappa shape index (κ1) is 24.0. The number of benzene rings is 1. The number of hydrogen-bond donors (Lipinski definition) is 1. The van der Waals surface area contributed by atoms with Crippen molar-refractivity contribution in [1.29, 1.82) is 0 Å². The standard InChI is InChI=1S/C22H26N4O2.2ClH/c1-16-8-9-21-24-19(14-26(21)12-16)15-28-20-7-3-5-17(11-20)22(27)25-10-4-6-18(13-25)23-2;;/h3,5,7-9,11-12,14,18,23H,4,6,10,13,15H2,1-2H3;2*1H. The van der Waals surface area contributed by atoms with Crippen molar-refractivity contribution in [1.82, 2.24) is 19.6 Å². The minimum atomic E-state index is 0. The maximum Gasteiger partial charge on any atom is 0.254 e. The number of fused-ring (bicyclic) bond motifs is 1. The van der Waals surface area contributed by atoms with Gasteiger partial charge in [-0.25, -0.2) is 4.98 Å². The second kappa shape index (κ2) is 10.7. The number of halogens is 2. The van der Waals surface area contributed by atoms with Crippen molar-refractivity contribution in [3.05, 3.63) is 65.6 Å². The van der Waals surface area contributed by atoms with E-state index < -0.39 is 0 Å². The lowest BCUT2D eigenvalue weighted by atomic mass is 10.0. The molecule has 1 aliphatic heterocycles. The van der Waals surface area contributed by atoms with Crippen molar-refractivity contribution in [3.8, 4) is 5.75 Å². The van der Waals surface area contributed by atoms with Crippen LogP contribution in [0.4, 0.5) is 0 Å². The van der Waals surface area contributed by atoms with Gasteiger partial charge in [-0.15, -0.1) is 24.8 Å². The van der Waals surface area contributed by atoms with Crippen molar-refractivity contribution >= 4 is 36.4 Å². The summed E-state index contributed by atoms with van der Waals surface area (Å²) in [6.45, 7) is 3.98. The number of piperidine rings is 1. The Morgan fingerprint density at radius 2 is 2.07 bits per heavy atom. The van der Waals surface area contributed by atoms with Gasteiger partial charge in [-0.05, 0) is 56.6 Å². The predicted octanol–water partition coefficient (Wildman–Crippen LogP) is 3.89. The van der Waals surface area contributed by atoms with Gasteiger partial charge in [0.05, 0.1) is 5.69 Å². The summed E-state index contributed by atoms with van der Waals surface area (Å²) in [7, 11) is 1.95. The zero-order valence-corrected chi connectivity index (χ0v) is 18.8. The molecule has 6 nitrogen and oxygen atoms in total. The Kier molecular flexibility index (Phi) is 8.53. The van der Waals surface area contributed by atoms with Crippen LogP contribution < -0.4 is 10.1 Å². The molecule has 2 aromatic heterocycles. The summed E-state index contributed by atoms with van der Waals surface area (Å²) in [6, 6.07) is 11.8. The summed E-state index contributed by atoms with van der Waals surface area (Å²) in [6.07, 6.45) is 6.16. The zero-order chi connectivity index (χ0) is 19.5. The van der Waals surface area contributed by atoms with Gasteiger partial charge in [0, 0.05) is 37.1 Å². The highest BCUT2D eigenvalue weighted by molar-refractivity contribution is 5.94. The van der Waals surface area contributed by atoms with Crippen LogP contribution in [-0.4, -0.2) is 46.4 Å². The second-order valence-electron chi connectivity index (χ2n) is 7.40. The summed E-state index contributed by atoms with van der Waals surface area (Å²) < 4.78 is 7.92. The fourth-order valence-electron chi connectivity index (χ4n) is 3.68. The Hall–Kier alpha value is -2.28. The third-order valence-electron chi connectivity index (χ3n) is 5.23. The number of rotatable bonds is 5. The number of aromatic nitrogens is 2. The van der Waals surface area contributed by atoms with Gasteiger partial charge in [-0.3, -0.25) is 4.79 Å². The third-order valence-corrected chi connectivity index (χ3v) is 5.23. The zero-order valence-electron chi connectivity index (χ0n) is 17.2. The van der Waals surface area contributed by atoms with Crippen LogP contribution >= 0.6 is 24.8 Å². The monoisotopic (exact) mass is 450 g/mol. The lowest BCUT2D eigenvalue weighted by Crippen LogP contribution is -2.46. The predicted molar refractivity (Wildman–Crippen MR) is 123 cm³/mol. The van der Waals surface area contributed by atoms with Crippen molar-refractivity contribution in [3.63, 3.8) is 0 Å². The van der Waals surface area contributed by atoms with E-state index in [1.165, 1.54) is 5.56 Å². The molecule has 0 radical (unpaired) electrons. The number of amides is 1. The molecule has 1 atom stereocenters. The molecule has 3 heterocycles. The highest BCUT2D eigenvalue weighted by Gasteiger charge is 2.23. The Labute approximate surface area is 189 Å². The van der Waals surface area contributed by atoms with Crippen molar-refractivity contribution in [2.24, 2.45) is 0 Å². The average molecular weight is 451 g/mol. The number of aryl methyl sites for hydroxylation is 1. The largest absolute Gasteiger partial charge is 0.487 e. The molecular weight excluding hydrogens is 423 g/mol. The molecule has 0 saturated carbocycles. The van der Waals surface area contributed by atoms with Crippen LogP contribution in [0.15, 0.2) is 48.8 Å². The maximum atomic E-state index is 12.9. The SMILES string of the molecule is CNC1CCCN(C(=O)c2cccc(OCc3cn4cc(C)ccc4n3)c2)C1.Cl.Cl. The van der Waals surface area contributed by atoms with E-state index in [1.807, 2.05) is 65.1 Å². The van der Waals surface area contributed by atoms with Gasteiger partial charge in [-0.2, -0.15) is 0 Å². The van der Waals surface area contributed by atoms with Gasteiger partial charge >= 0.3 is 0 Å². The van der Waals surface area contributed by atoms with Crippen molar-refractivity contribution in [2.75, 3.05) is 20.1 Å². The first-order valence-corrected chi connectivity index (χ1v) is 9.76. The van der Waals surface area contributed by atoms with Crippen LogP contribution in [0.25, 0.3) is 5.65 Å². The number of likely N-dealkylation sites (tertiary alicyclic amines) is 1. The minimum absolute atomic E-state index is 0. The van der Waals surface area contributed by atoms with Crippen LogP contribution in [0.2, 0.25) is 0 Å². The van der Waals surface area contributed by atoms with Crippen LogP contribution in [0.5, 0.6) is 5.75 Å².